The number of amides is 1. The summed E-state index contributed by atoms with van der Waals surface area (Å²) in [4.78, 5) is 14.4. The summed E-state index contributed by atoms with van der Waals surface area (Å²) >= 11 is 1.63. The van der Waals surface area contributed by atoms with Crippen molar-refractivity contribution in [2.75, 3.05) is 6.54 Å². The minimum absolute atomic E-state index is 0.0385. The zero-order chi connectivity index (χ0) is 14.6. The molecular formula is C16H25NO2S. The predicted octanol–water partition coefficient (Wildman–Crippen LogP) is 3.30. The highest BCUT2D eigenvalue weighted by molar-refractivity contribution is 7.14. The van der Waals surface area contributed by atoms with E-state index >= 15 is 0 Å². The molecule has 112 valence electrons. The Kier molecular flexibility index (Phi) is 5.22. The van der Waals surface area contributed by atoms with Crippen molar-refractivity contribution in [2.24, 2.45) is 0 Å². The van der Waals surface area contributed by atoms with Crippen molar-refractivity contribution in [3.63, 3.8) is 0 Å². The van der Waals surface area contributed by atoms with Gasteiger partial charge in [-0.05, 0) is 50.2 Å². The van der Waals surface area contributed by atoms with Gasteiger partial charge in [0.1, 0.15) is 0 Å². The highest BCUT2D eigenvalue weighted by Gasteiger charge is 2.24. The molecule has 0 atom stereocenters. The van der Waals surface area contributed by atoms with Crippen LogP contribution >= 0.6 is 11.3 Å². The van der Waals surface area contributed by atoms with Gasteiger partial charge in [0.25, 0.3) is 5.91 Å². The Morgan fingerprint density at radius 2 is 2.00 bits per heavy atom. The van der Waals surface area contributed by atoms with Crippen LogP contribution in [0.3, 0.4) is 0 Å². The summed E-state index contributed by atoms with van der Waals surface area (Å²) < 4.78 is 0. The van der Waals surface area contributed by atoms with Crippen LogP contribution in [0.15, 0.2) is 6.07 Å². The third kappa shape index (κ3) is 3.61. The topological polar surface area (TPSA) is 49.3 Å². The number of thiophene rings is 1. The number of rotatable bonds is 5. The van der Waals surface area contributed by atoms with Gasteiger partial charge in [-0.25, -0.2) is 0 Å². The zero-order valence-corrected chi connectivity index (χ0v) is 13.3. The van der Waals surface area contributed by atoms with E-state index in [4.69, 9.17) is 0 Å². The Hall–Kier alpha value is -0.870. The average molecular weight is 295 g/mol. The maximum Gasteiger partial charge on any atom is 0.261 e. The summed E-state index contributed by atoms with van der Waals surface area (Å²) in [6.45, 7) is 4.23. The molecule has 20 heavy (non-hydrogen) atoms. The first-order valence-electron chi connectivity index (χ1n) is 7.70. The first-order valence-corrected chi connectivity index (χ1v) is 8.52. The second kappa shape index (κ2) is 6.72. The molecule has 1 aliphatic carbocycles. The quantitative estimate of drug-likeness (QED) is 0.819. The standard InChI is InChI=1S/C16H25NO2S/c1-3-16(19,4-2)11-17-15(18)14-10-12-8-6-5-7-9-13(12)20-14/h10,19H,3-9,11H2,1-2H3,(H,17,18). The molecule has 0 saturated heterocycles. The minimum atomic E-state index is -0.774. The van der Waals surface area contributed by atoms with Crippen molar-refractivity contribution in [2.45, 2.75) is 64.4 Å². The number of nitrogens with one attached hydrogen (secondary N) is 1. The monoisotopic (exact) mass is 295 g/mol. The van der Waals surface area contributed by atoms with E-state index in [1.807, 2.05) is 13.8 Å². The molecular weight excluding hydrogens is 270 g/mol. The molecule has 0 fully saturated rings. The molecule has 0 unspecified atom stereocenters. The highest BCUT2D eigenvalue weighted by atomic mass is 32.1. The smallest absolute Gasteiger partial charge is 0.261 e. The molecule has 4 heteroatoms. The first-order chi connectivity index (χ1) is 9.58. The largest absolute Gasteiger partial charge is 0.388 e. The summed E-state index contributed by atoms with van der Waals surface area (Å²) in [6, 6.07) is 2.05. The molecule has 1 heterocycles. The summed E-state index contributed by atoms with van der Waals surface area (Å²) in [7, 11) is 0. The minimum Gasteiger partial charge on any atom is -0.388 e. The number of aryl methyl sites for hydroxylation is 2. The Bertz CT molecular complexity index is 440. The van der Waals surface area contributed by atoms with Gasteiger partial charge in [0.2, 0.25) is 0 Å². The molecule has 1 aromatic rings. The summed E-state index contributed by atoms with van der Waals surface area (Å²) in [5, 5.41) is 13.1. The fourth-order valence-corrected chi connectivity index (χ4v) is 3.78. The van der Waals surface area contributed by atoms with Gasteiger partial charge in [-0.1, -0.05) is 20.3 Å². The highest BCUT2D eigenvalue weighted by Crippen LogP contribution is 2.29. The lowest BCUT2D eigenvalue weighted by molar-refractivity contribution is 0.0314. The lowest BCUT2D eigenvalue weighted by Gasteiger charge is -2.25. The van der Waals surface area contributed by atoms with Crippen LogP contribution in [0.4, 0.5) is 0 Å². The van der Waals surface area contributed by atoms with Gasteiger partial charge in [-0.15, -0.1) is 11.3 Å². The van der Waals surface area contributed by atoms with Crippen LogP contribution < -0.4 is 5.32 Å². The van der Waals surface area contributed by atoms with Gasteiger partial charge in [-0.2, -0.15) is 0 Å². The number of carbonyl (C=O) groups is 1. The number of carbonyl (C=O) groups excluding carboxylic acids is 1. The average Bonchev–Trinajstić information content (AvgIpc) is 2.75. The second-order valence-electron chi connectivity index (χ2n) is 5.73. The van der Waals surface area contributed by atoms with E-state index in [-0.39, 0.29) is 5.91 Å². The van der Waals surface area contributed by atoms with Gasteiger partial charge in [0.05, 0.1) is 10.5 Å². The van der Waals surface area contributed by atoms with Gasteiger partial charge in [-0.3, -0.25) is 4.79 Å². The number of aliphatic hydroxyl groups is 1. The maximum absolute atomic E-state index is 12.2. The Morgan fingerprint density at radius 3 is 2.70 bits per heavy atom. The lowest BCUT2D eigenvalue weighted by Crippen LogP contribution is -2.41. The van der Waals surface area contributed by atoms with Gasteiger partial charge < -0.3 is 10.4 Å². The Balaban J connectivity index is 1.99. The summed E-state index contributed by atoms with van der Waals surface area (Å²) in [5.74, 6) is -0.0385. The van der Waals surface area contributed by atoms with Crippen molar-refractivity contribution in [1.29, 1.82) is 0 Å². The van der Waals surface area contributed by atoms with Crippen molar-refractivity contribution in [1.82, 2.24) is 5.32 Å². The Morgan fingerprint density at radius 1 is 1.30 bits per heavy atom. The van der Waals surface area contributed by atoms with Crippen molar-refractivity contribution >= 4 is 17.2 Å². The summed E-state index contributed by atoms with van der Waals surface area (Å²) in [5.41, 5.74) is 0.586. The van der Waals surface area contributed by atoms with Gasteiger partial charge in [0.15, 0.2) is 0 Å². The van der Waals surface area contributed by atoms with E-state index in [9.17, 15) is 9.90 Å². The fraction of sp³-hybridized carbons (Fsp3) is 0.688. The van der Waals surface area contributed by atoms with E-state index in [0.29, 0.717) is 19.4 Å². The molecule has 0 aromatic carbocycles. The van der Waals surface area contributed by atoms with Crippen LogP contribution in [0.5, 0.6) is 0 Å². The van der Waals surface area contributed by atoms with Crippen molar-refractivity contribution in [3.8, 4) is 0 Å². The van der Waals surface area contributed by atoms with Crippen LogP contribution in [0.25, 0.3) is 0 Å². The maximum atomic E-state index is 12.2. The molecule has 0 spiro atoms. The van der Waals surface area contributed by atoms with E-state index in [0.717, 1.165) is 17.7 Å². The number of hydrogen-bond donors (Lipinski definition) is 2. The van der Waals surface area contributed by atoms with E-state index < -0.39 is 5.60 Å². The molecule has 0 radical (unpaired) electrons. The first kappa shape index (κ1) is 15.5. The zero-order valence-electron chi connectivity index (χ0n) is 12.5. The number of hydrogen-bond acceptors (Lipinski definition) is 3. The third-order valence-electron chi connectivity index (χ3n) is 4.36. The molecule has 1 amide bonds. The molecule has 0 aliphatic heterocycles. The van der Waals surface area contributed by atoms with E-state index in [2.05, 4.69) is 11.4 Å². The second-order valence-corrected chi connectivity index (χ2v) is 6.87. The molecule has 2 rings (SSSR count). The van der Waals surface area contributed by atoms with Crippen molar-refractivity contribution < 1.29 is 9.90 Å². The summed E-state index contributed by atoms with van der Waals surface area (Å²) in [6.07, 6.45) is 7.29. The van der Waals surface area contributed by atoms with Crippen molar-refractivity contribution in [3.05, 3.63) is 21.4 Å². The SMILES string of the molecule is CCC(O)(CC)CNC(=O)c1cc2c(s1)CCCCC2. The van der Waals surface area contributed by atoms with Crippen LogP contribution in [0.1, 0.15) is 66.1 Å². The van der Waals surface area contributed by atoms with Gasteiger partial charge >= 0.3 is 0 Å². The van der Waals surface area contributed by atoms with Crippen LogP contribution in [0, 0.1) is 0 Å². The van der Waals surface area contributed by atoms with Crippen LogP contribution in [-0.2, 0) is 12.8 Å². The van der Waals surface area contributed by atoms with Crippen LogP contribution in [0.2, 0.25) is 0 Å². The van der Waals surface area contributed by atoms with E-state index in [1.54, 1.807) is 11.3 Å². The Labute approximate surface area is 125 Å². The molecule has 1 aliphatic rings. The molecule has 1 aromatic heterocycles. The fourth-order valence-electron chi connectivity index (χ4n) is 2.61. The van der Waals surface area contributed by atoms with Gasteiger partial charge in [0, 0.05) is 11.4 Å². The third-order valence-corrected chi connectivity index (χ3v) is 5.60. The number of fused-ring (bicyclic) bond motifs is 1. The van der Waals surface area contributed by atoms with E-state index in [1.165, 1.54) is 29.7 Å². The molecule has 0 saturated carbocycles. The lowest BCUT2D eigenvalue weighted by atomic mass is 9.97. The molecule has 0 bridgehead atoms. The normalized spacial score (nSPS) is 15.6. The van der Waals surface area contributed by atoms with Crippen LogP contribution in [-0.4, -0.2) is 23.2 Å². The molecule has 3 nitrogen and oxygen atoms in total. The molecule has 2 N–H and O–H groups in total. The predicted molar refractivity (Wildman–Crippen MR) is 83.4 cm³/mol.